The Kier molecular flexibility index (Phi) is 4.72. The van der Waals surface area contributed by atoms with Crippen molar-refractivity contribution in [3.05, 3.63) is 35.4 Å². The highest BCUT2D eigenvalue weighted by atomic mass is 19.1. The van der Waals surface area contributed by atoms with Crippen LogP contribution in [0.2, 0.25) is 0 Å². The van der Waals surface area contributed by atoms with Crippen LogP contribution >= 0.6 is 0 Å². The summed E-state index contributed by atoms with van der Waals surface area (Å²) < 4.78 is 27.4. The number of nitrogens with one attached hydrogen (secondary N) is 1. The van der Waals surface area contributed by atoms with Gasteiger partial charge in [-0.25, -0.2) is 8.78 Å². The zero-order valence-corrected chi connectivity index (χ0v) is 13.6. The smallest absolute Gasteiger partial charge is 0.129 e. The maximum atomic E-state index is 14.2. The summed E-state index contributed by atoms with van der Waals surface area (Å²) in [6.45, 7) is 9.28. The Bertz CT molecular complexity index is 484. The van der Waals surface area contributed by atoms with Gasteiger partial charge >= 0.3 is 0 Å². The molecule has 2 rings (SSSR count). The van der Waals surface area contributed by atoms with Crippen LogP contribution in [-0.4, -0.2) is 12.1 Å². The van der Waals surface area contributed by atoms with Crippen LogP contribution in [-0.2, 0) is 5.41 Å². The van der Waals surface area contributed by atoms with Gasteiger partial charge in [0, 0.05) is 23.6 Å². The van der Waals surface area contributed by atoms with Crippen molar-refractivity contribution in [3.8, 4) is 0 Å². The minimum atomic E-state index is -0.500. The Morgan fingerprint density at radius 2 is 1.90 bits per heavy atom. The maximum Gasteiger partial charge on any atom is 0.129 e. The number of hydrogen-bond donors (Lipinski definition) is 1. The van der Waals surface area contributed by atoms with E-state index in [0.717, 1.165) is 25.5 Å². The summed E-state index contributed by atoms with van der Waals surface area (Å²) in [5, 5.41) is 3.51. The molecule has 0 heterocycles. The van der Waals surface area contributed by atoms with E-state index in [-0.39, 0.29) is 11.0 Å². The lowest BCUT2D eigenvalue weighted by molar-refractivity contribution is 0.116. The minimum absolute atomic E-state index is 0.000645. The van der Waals surface area contributed by atoms with Gasteiger partial charge in [-0.2, -0.15) is 0 Å². The zero-order chi connectivity index (χ0) is 15.7. The van der Waals surface area contributed by atoms with Crippen molar-refractivity contribution in [2.75, 3.05) is 6.54 Å². The molecule has 1 nitrogen and oxygen atoms in total. The maximum absolute atomic E-state index is 14.2. The van der Waals surface area contributed by atoms with E-state index in [9.17, 15) is 8.78 Å². The first-order valence-electron chi connectivity index (χ1n) is 7.96. The van der Waals surface area contributed by atoms with Gasteiger partial charge in [-0.1, -0.05) is 25.8 Å². The van der Waals surface area contributed by atoms with Crippen LogP contribution < -0.4 is 5.32 Å². The Morgan fingerprint density at radius 1 is 1.24 bits per heavy atom. The molecule has 0 bridgehead atoms. The Morgan fingerprint density at radius 3 is 2.43 bits per heavy atom. The van der Waals surface area contributed by atoms with Crippen LogP contribution in [0.15, 0.2) is 18.2 Å². The third-order valence-electron chi connectivity index (χ3n) is 4.52. The van der Waals surface area contributed by atoms with Crippen molar-refractivity contribution in [2.24, 2.45) is 5.92 Å². The van der Waals surface area contributed by atoms with Crippen LogP contribution in [0.4, 0.5) is 8.78 Å². The van der Waals surface area contributed by atoms with E-state index >= 15 is 0 Å². The summed E-state index contributed by atoms with van der Waals surface area (Å²) in [6, 6.07) is 4.03. The Balaban J connectivity index is 2.21. The molecule has 1 aromatic carbocycles. The molecule has 0 spiro atoms. The molecule has 1 aromatic rings. The molecule has 1 saturated carbocycles. The molecule has 0 saturated heterocycles. The molecule has 0 aromatic heterocycles. The average Bonchev–Trinajstić information content (AvgIpc) is 2.31. The number of benzene rings is 1. The second-order valence-corrected chi connectivity index (χ2v) is 7.57. The zero-order valence-electron chi connectivity index (χ0n) is 13.6. The molecule has 0 unspecified atom stereocenters. The first-order chi connectivity index (χ1) is 9.76. The summed E-state index contributed by atoms with van der Waals surface area (Å²) in [6.07, 6.45) is 4.35. The third-order valence-corrected chi connectivity index (χ3v) is 4.52. The topological polar surface area (TPSA) is 12.0 Å². The Labute approximate surface area is 127 Å². The van der Waals surface area contributed by atoms with Crippen molar-refractivity contribution in [2.45, 2.75) is 64.3 Å². The molecular formula is C18H27F2N. The fourth-order valence-corrected chi connectivity index (χ4v) is 3.47. The molecule has 118 valence electrons. The number of hydrogen-bond acceptors (Lipinski definition) is 1. The molecule has 0 amide bonds. The molecule has 0 radical (unpaired) electrons. The second-order valence-electron chi connectivity index (χ2n) is 7.57. The van der Waals surface area contributed by atoms with Crippen LogP contribution in [0.5, 0.6) is 0 Å². The SMILES string of the molecule is CCCC1CC(CNC(C)(C)C)(c2ccc(F)cc2F)C1. The predicted molar refractivity (Wildman–Crippen MR) is 83.4 cm³/mol. The predicted octanol–water partition coefficient (Wildman–Crippen LogP) is 4.80. The summed E-state index contributed by atoms with van der Waals surface area (Å²) in [7, 11) is 0. The van der Waals surface area contributed by atoms with Gasteiger partial charge in [0.25, 0.3) is 0 Å². The van der Waals surface area contributed by atoms with E-state index in [2.05, 4.69) is 33.0 Å². The van der Waals surface area contributed by atoms with E-state index < -0.39 is 11.6 Å². The lowest BCUT2D eigenvalue weighted by atomic mass is 9.57. The lowest BCUT2D eigenvalue weighted by Gasteiger charge is -2.50. The number of rotatable bonds is 5. The van der Waals surface area contributed by atoms with E-state index in [1.54, 1.807) is 6.07 Å². The van der Waals surface area contributed by atoms with Crippen molar-refractivity contribution >= 4 is 0 Å². The standard InChI is InChI=1S/C18H27F2N/c1-5-6-13-10-18(11-13,12-21-17(2,3)4)15-8-7-14(19)9-16(15)20/h7-9,13,21H,5-6,10-12H2,1-4H3. The fraction of sp³-hybridized carbons (Fsp3) is 0.667. The van der Waals surface area contributed by atoms with Crippen LogP contribution in [0, 0.1) is 17.6 Å². The van der Waals surface area contributed by atoms with Gasteiger partial charge in [0.2, 0.25) is 0 Å². The summed E-state index contributed by atoms with van der Waals surface area (Å²) in [5.41, 5.74) is 0.498. The fourth-order valence-electron chi connectivity index (χ4n) is 3.47. The van der Waals surface area contributed by atoms with Gasteiger partial charge in [0.15, 0.2) is 0 Å². The highest BCUT2D eigenvalue weighted by molar-refractivity contribution is 5.31. The molecule has 1 aliphatic rings. The van der Waals surface area contributed by atoms with Crippen LogP contribution in [0.1, 0.15) is 58.9 Å². The van der Waals surface area contributed by atoms with Crippen molar-refractivity contribution in [1.82, 2.24) is 5.32 Å². The third kappa shape index (κ3) is 3.82. The van der Waals surface area contributed by atoms with E-state index in [4.69, 9.17) is 0 Å². The monoisotopic (exact) mass is 295 g/mol. The van der Waals surface area contributed by atoms with Crippen molar-refractivity contribution in [3.63, 3.8) is 0 Å². The van der Waals surface area contributed by atoms with Gasteiger partial charge in [0.05, 0.1) is 0 Å². The summed E-state index contributed by atoms with van der Waals surface area (Å²) in [5.74, 6) is -0.235. The van der Waals surface area contributed by atoms with Gasteiger partial charge in [0.1, 0.15) is 11.6 Å². The summed E-state index contributed by atoms with van der Waals surface area (Å²) >= 11 is 0. The first-order valence-corrected chi connectivity index (χ1v) is 7.96. The van der Waals surface area contributed by atoms with Crippen LogP contribution in [0.3, 0.4) is 0 Å². The quantitative estimate of drug-likeness (QED) is 0.822. The molecule has 0 atom stereocenters. The first kappa shape index (κ1) is 16.4. The van der Waals surface area contributed by atoms with Gasteiger partial charge < -0.3 is 5.32 Å². The highest BCUT2D eigenvalue weighted by Crippen LogP contribution is 2.50. The molecule has 3 heteroatoms. The van der Waals surface area contributed by atoms with E-state index in [0.29, 0.717) is 11.5 Å². The minimum Gasteiger partial charge on any atom is -0.311 e. The van der Waals surface area contributed by atoms with E-state index in [1.807, 2.05) is 0 Å². The molecule has 1 fully saturated rings. The van der Waals surface area contributed by atoms with Gasteiger partial charge in [-0.05, 0) is 51.2 Å². The van der Waals surface area contributed by atoms with Crippen molar-refractivity contribution in [1.29, 1.82) is 0 Å². The molecule has 1 aliphatic carbocycles. The normalized spacial score (nSPS) is 25.7. The van der Waals surface area contributed by atoms with E-state index in [1.165, 1.54) is 18.9 Å². The summed E-state index contributed by atoms with van der Waals surface area (Å²) in [4.78, 5) is 0. The van der Waals surface area contributed by atoms with Gasteiger partial charge in [-0.15, -0.1) is 0 Å². The Hall–Kier alpha value is -0.960. The van der Waals surface area contributed by atoms with Crippen molar-refractivity contribution < 1.29 is 8.78 Å². The molecule has 21 heavy (non-hydrogen) atoms. The van der Waals surface area contributed by atoms with Crippen LogP contribution in [0.25, 0.3) is 0 Å². The molecular weight excluding hydrogens is 268 g/mol. The molecule has 0 aliphatic heterocycles. The average molecular weight is 295 g/mol. The lowest BCUT2D eigenvalue weighted by Crippen LogP contribution is -2.53. The molecule has 1 N–H and O–H groups in total. The largest absolute Gasteiger partial charge is 0.311 e. The second kappa shape index (κ2) is 6.04. The van der Waals surface area contributed by atoms with Gasteiger partial charge in [-0.3, -0.25) is 0 Å². The number of halogens is 2. The highest BCUT2D eigenvalue weighted by Gasteiger charge is 2.46.